The first-order chi connectivity index (χ1) is 8.24. The van der Waals surface area contributed by atoms with E-state index in [4.69, 9.17) is 9.84 Å². The van der Waals surface area contributed by atoms with E-state index in [0.29, 0.717) is 6.61 Å². The van der Waals surface area contributed by atoms with E-state index < -0.39 is 5.97 Å². The summed E-state index contributed by atoms with van der Waals surface area (Å²) in [6.07, 6.45) is 2.23. The summed E-state index contributed by atoms with van der Waals surface area (Å²) < 4.78 is 9.69. The monoisotopic (exact) mass is 234 g/mol. The van der Waals surface area contributed by atoms with Crippen molar-refractivity contribution in [2.75, 3.05) is 6.61 Å². The Labute approximate surface area is 100 Å². The van der Waals surface area contributed by atoms with Crippen molar-refractivity contribution in [3.8, 4) is 12.0 Å². The first-order valence-corrected chi connectivity index (χ1v) is 5.14. The topological polar surface area (TPSA) is 55.8 Å². The third kappa shape index (κ3) is 5.16. The van der Waals surface area contributed by atoms with Gasteiger partial charge >= 0.3 is 5.97 Å². The number of carbonyl (C=O) groups is 1. The molecule has 1 N–H and O–H groups in total. The first kappa shape index (κ1) is 13.2. The predicted octanol–water partition coefficient (Wildman–Crippen LogP) is 1.22. The predicted molar refractivity (Wildman–Crippen MR) is 61.6 cm³/mol. The van der Waals surface area contributed by atoms with Gasteiger partial charge in [0.25, 0.3) is 0 Å². The number of ether oxygens (including phenoxy) is 2. The highest BCUT2D eigenvalue weighted by atomic mass is 16.5. The average molecular weight is 234 g/mol. The number of rotatable bonds is 4. The maximum atomic E-state index is 10.4. The average Bonchev–Trinajstić information content (AvgIpc) is 2.33. The van der Waals surface area contributed by atoms with Crippen molar-refractivity contribution in [2.45, 2.75) is 20.1 Å². The number of hydrogen-bond acceptors (Lipinski definition) is 4. The number of esters is 1. The van der Waals surface area contributed by atoms with E-state index in [1.165, 1.54) is 6.92 Å². The van der Waals surface area contributed by atoms with Crippen molar-refractivity contribution in [3.63, 3.8) is 0 Å². The van der Waals surface area contributed by atoms with E-state index in [1.54, 1.807) is 0 Å². The molecule has 0 fully saturated rings. The first-order valence-electron chi connectivity index (χ1n) is 5.14. The summed E-state index contributed by atoms with van der Waals surface area (Å²) in [7, 11) is 0. The Morgan fingerprint density at radius 2 is 2.06 bits per heavy atom. The van der Waals surface area contributed by atoms with Gasteiger partial charge in [-0.3, -0.25) is 4.79 Å². The van der Waals surface area contributed by atoms with Crippen molar-refractivity contribution >= 4 is 5.97 Å². The molecule has 0 radical (unpaired) electrons. The molecular formula is C13H14O4. The van der Waals surface area contributed by atoms with Crippen LogP contribution in [0.3, 0.4) is 0 Å². The summed E-state index contributed by atoms with van der Waals surface area (Å²) in [5.74, 6) is 2.11. The summed E-state index contributed by atoms with van der Waals surface area (Å²) in [6.45, 7) is 1.81. The van der Waals surface area contributed by atoms with Crippen LogP contribution in [-0.4, -0.2) is 17.7 Å². The van der Waals surface area contributed by atoms with Crippen LogP contribution in [-0.2, 0) is 27.5 Å². The van der Waals surface area contributed by atoms with Crippen molar-refractivity contribution < 1.29 is 19.4 Å². The molecule has 0 saturated heterocycles. The third-order valence-electron chi connectivity index (χ3n) is 1.99. The minimum Gasteiger partial charge on any atom is -0.392 e. The van der Waals surface area contributed by atoms with Crippen molar-refractivity contribution in [1.82, 2.24) is 0 Å². The lowest BCUT2D eigenvalue weighted by Crippen LogP contribution is -1.98. The molecule has 0 spiro atoms. The van der Waals surface area contributed by atoms with Gasteiger partial charge in [0.2, 0.25) is 0 Å². The largest absolute Gasteiger partial charge is 0.392 e. The van der Waals surface area contributed by atoms with E-state index in [0.717, 1.165) is 11.1 Å². The molecule has 0 amide bonds. The van der Waals surface area contributed by atoms with E-state index in [1.807, 2.05) is 24.3 Å². The fourth-order valence-electron chi connectivity index (χ4n) is 1.20. The van der Waals surface area contributed by atoms with Crippen LogP contribution in [0.15, 0.2) is 24.3 Å². The summed E-state index contributed by atoms with van der Waals surface area (Å²) in [5.41, 5.74) is 1.75. The molecule has 0 heterocycles. The lowest BCUT2D eigenvalue weighted by molar-refractivity contribution is -0.134. The zero-order valence-corrected chi connectivity index (χ0v) is 9.60. The zero-order chi connectivity index (χ0) is 12.5. The van der Waals surface area contributed by atoms with Gasteiger partial charge in [-0.05, 0) is 17.0 Å². The molecule has 0 aromatic heterocycles. The number of benzene rings is 1. The molecule has 17 heavy (non-hydrogen) atoms. The molecule has 1 aromatic carbocycles. The van der Waals surface area contributed by atoms with E-state index in [9.17, 15) is 4.79 Å². The number of aliphatic hydroxyl groups excluding tert-OH is 1. The Hall–Kier alpha value is -1.83. The van der Waals surface area contributed by atoms with Crippen LogP contribution in [0.4, 0.5) is 0 Å². The molecule has 0 unspecified atom stereocenters. The molecule has 90 valence electrons. The molecule has 1 aromatic rings. The maximum absolute atomic E-state index is 10.4. The molecule has 0 aliphatic heterocycles. The second-order valence-electron chi connectivity index (χ2n) is 3.29. The number of hydrogen-bond donors (Lipinski definition) is 1. The highest BCUT2D eigenvalue weighted by Crippen LogP contribution is 2.09. The van der Waals surface area contributed by atoms with Gasteiger partial charge in [-0.2, -0.15) is 0 Å². The smallest absolute Gasteiger partial charge is 0.316 e. The van der Waals surface area contributed by atoms with Crippen LogP contribution in [0.25, 0.3) is 0 Å². The molecule has 1 rings (SSSR count). The number of carbonyl (C=O) groups excluding carboxylic acids is 1. The molecular weight excluding hydrogens is 220 g/mol. The van der Waals surface area contributed by atoms with Gasteiger partial charge in [-0.1, -0.05) is 24.3 Å². The van der Waals surface area contributed by atoms with Crippen molar-refractivity contribution in [2.24, 2.45) is 0 Å². The van der Waals surface area contributed by atoms with Gasteiger partial charge in [0.1, 0.15) is 12.7 Å². The third-order valence-corrected chi connectivity index (χ3v) is 1.99. The Bertz CT molecular complexity index is 429. The highest BCUT2D eigenvalue weighted by molar-refractivity contribution is 5.67. The fourth-order valence-corrected chi connectivity index (χ4v) is 1.20. The van der Waals surface area contributed by atoms with E-state index in [2.05, 4.69) is 16.8 Å². The molecule has 0 saturated carbocycles. The highest BCUT2D eigenvalue weighted by Gasteiger charge is 1.99. The Morgan fingerprint density at radius 3 is 2.71 bits per heavy atom. The zero-order valence-electron chi connectivity index (χ0n) is 9.60. The summed E-state index contributed by atoms with van der Waals surface area (Å²) in [4.78, 5) is 10.4. The second kappa shape index (κ2) is 7.44. The van der Waals surface area contributed by atoms with Gasteiger partial charge in [-0.15, -0.1) is 0 Å². The normalized spacial score (nSPS) is 9.29. The molecule has 4 nitrogen and oxygen atoms in total. The maximum Gasteiger partial charge on any atom is 0.316 e. The lowest BCUT2D eigenvalue weighted by atomic mass is 10.1. The molecule has 4 heteroatoms. The van der Waals surface area contributed by atoms with Gasteiger partial charge in [0.15, 0.2) is 0 Å². The van der Waals surface area contributed by atoms with Gasteiger partial charge in [0, 0.05) is 6.92 Å². The van der Waals surface area contributed by atoms with Crippen LogP contribution < -0.4 is 0 Å². The minimum absolute atomic E-state index is 0.0152. The molecule has 0 bridgehead atoms. The molecule has 0 aliphatic rings. The summed E-state index contributed by atoms with van der Waals surface area (Å²) >= 11 is 0. The standard InChI is InChI=1S/C13H14O4/c1-11(15)17-8-4-7-16-10-13-6-3-2-5-12(13)9-14/h2-3,5-6,14H,7,9-10H2,1H3. The van der Waals surface area contributed by atoms with Gasteiger partial charge < -0.3 is 14.6 Å². The van der Waals surface area contributed by atoms with Crippen LogP contribution in [0.2, 0.25) is 0 Å². The van der Waals surface area contributed by atoms with Crippen LogP contribution in [0, 0.1) is 12.0 Å². The minimum atomic E-state index is -0.442. The Kier molecular flexibility index (Phi) is 5.80. The molecule has 0 aliphatic carbocycles. The van der Waals surface area contributed by atoms with Crippen molar-refractivity contribution in [1.29, 1.82) is 0 Å². The summed E-state index contributed by atoms with van der Waals surface area (Å²) in [5, 5.41) is 9.08. The second-order valence-corrected chi connectivity index (χ2v) is 3.29. The molecule has 0 atom stereocenters. The quantitative estimate of drug-likeness (QED) is 0.483. The number of aliphatic hydroxyl groups is 1. The van der Waals surface area contributed by atoms with E-state index >= 15 is 0 Å². The Balaban J connectivity index is 2.35. The Morgan fingerprint density at radius 1 is 1.35 bits per heavy atom. The fraction of sp³-hybridized carbons (Fsp3) is 0.308. The van der Waals surface area contributed by atoms with Crippen LogP contribution >= 0.6 is 0 Å². The van der Waals surface area contributed by atoms with Crippen LogP contribution in [0.1, 0.15) is 18.1 Å². The SMILES string of the molecule is CC(=O)OC#CCOCc1ccccc1CO. The van der Waals surface area contributed by atoms with Gasteiger partial charge in [0.05, 0.1) is 13.2 Å². The van der Waals surface area contributed by atoms with Gasteiger partial charge in [-0.25, -0.2) is 0 Å². The lowest BCUT2D eigenvalue weighted by Gasteiger charge is -2.05. The van der Waals surface area contributed by atoms with Crippen molar-refractivity contribution in [3.05, 3.63) is 35.4 Å². The van der Waals surface area contributed by atoms with E-state index in [-0.39, 0.29) is 13.2 Å². The van der Waals surface area contributed by atoms with Crippen LogP contribution in [0.5, 0.6) is 0 Å². The summed E-state index contributed by atoms with van der Waals surface area (Å²) in [6, 6.07) is 7.45.